The molecule has 0 radical (unpaired) electrons. The van der Waals surface area contributed by atoms with E-state index >= 15 is 0 Å². The predicted molar refractivity (Wildman–Crippen MR) is 68.0 cm³/mol. The van der Waals surface area contributed by atoms with Gasteiger partial charge in [-0.1, -0.05) is 19.8 Å². The van der Waals surface area contributed by atoms with E-state index in [1.54, 1.807) is 0 Å². The molecule has 16 heavy (non-hydrogen) atoms. The van der Waals surface area contributed by atoms with Crippen molar-refractivity contribution in [3.63, 3.8) is 0 Å². The summed E-state index contributed by atoms with van der Waals surface area (Å²) in [4.78, 5) is 12.7. The third kappa shape index (κ3) is 2.76. The molecule has 0 aliphatic carbocycles. The number of hydrogen-bond donors (Lipinski definition) is 1. The molecule has 1 rings (SSSR count). The Balaban J connectivity index is 2.84. The van der Waals surface area contributed by atoms with Crippen molar-refractivity contribution in [1.82, 2.24) is 0 Å². The number of aryl methyl sites for hydroxylation is 1. The van der Waals surface area contributed by atoms with Crippen molar-refractivity contribution >= 4 is 22.3 Å². The maximum absolute atomic E-state index is 11.5. The minimum absolute atomic E-state index is 0.326. The van der Waals surface area contributed by atoms with Gasteiger partial charge in [-0.25, -0.2) is 4.79 Å². The lowest BCUT2D eigenvalue weighted by molar-refractivity contribution is 0.0601. The van der Waals surface area contributed by atoms with E-state index in [0.717, 1.165) is 18.4 Å². The van der Waals surface area contributed by atoms with Crippen LogP contribution in [0.5, 0.6) is 0 Å². The normalized spacial score (nSPS) is 10.4. The number of nitrogen functional groups attached to an aromatic ring is 1. The molecule has 4 heteroatoms. The van der Waals surface area contributed by atoms with Crippen LogP contribution in [0.4, 0.5) is 5.00 Å². The summed E-state index contributed by atoms with van der Waals surface area (Å²) in [6.45, 7) is 4.12. The highest BCUT2D eigenvalue weighted by atomic mass is 32.1. The molecule has 0 amide bonds. The first-order valence-corrected chi connectivity index (χ1v) is 6.39. The van der Waals surface area contributed by atoms with Gasteiger partial charge in [-0.3, -0.25) is 0 Å². The number of rotatable bonds is 5. The van der Waals surface area contributed by atoms with Crippen molar-refractivity contribution in [2.45, 2.75) is 39.5 Å². The molecule has 0 aliphatic heterocycles. The first-order valence-electron chi connectivity index (χ1n) is 5.57. The van der Waals surface area contributed by atoms with Gasteiger partial charge in [-0.15, -0.1) is 11.3 Å². The lowest BCUT2D eigenvalue weighted by atomic mass is 10.1. The summed E-state index contributed by atoms with van der Waals surface area (Å²) in [5.74, 6) is -0.326. The number of thiophene rings is 1. The zero-order valence-electron chi connectivity index (χ0n) is 10.1. The van der Waals surface area contributed by atoms with Crippen LogP contribution in [0.1, 0.15) is 47.0 Å². The number of methoxy groups -OCH3 is 1. The van der Waals surface area contributed by atoms with Gasteiger partial charge in [0.05, 0.1) is 12.7 Å². The fraction of sp³-hybridized carbons (Fsp3) is 0.583. The molecule has 0 bridgehead atoms. The minimum Gasteiger partial charge on any atom is -0.465 e. The summed E-state index contributed by atoms with van der Waals surface area (Å²) < 4.78 is 4.72. The van der Waals surface area contributed by atoms with E-state index < -0.39 is 0 Å². The smallest absolute Gasteiger partial charge is 0.341 e. The fourth-order valence-corrected chi connectivity index (χ4v) is 2.82. The summed E-state index contributed by atoms with van der Waals surface area (Å²) in [6, 6.07) is 0. The number of esters is 1. The van der Waals surface area contributed by atoms with Crippen LogP contribution in [0.2, 0.25) is 0 Å². The van der Waals surface area contributed by atoms with Crippen LogP contribution < -0.4 is 5.73 Å². The van der Waals surface area contributed by atoms with Gasteiger partial charge in [0.1, 0.15) is 5.00 Å². The highest BCUT2D eigenvalue weighted by Gasteiger charge is 2.19. The molecule has 0 fully saturated rings. The second kappa shape index (κ2) is 5.89. The molecule has 0 atom stereocenters. The molecular formula is C12H19NO2S. The van der Waals surface area contributed by atoms with Gasteiger partial charge in [0.15, 0.2) is 0 Å². The van der Waals surface area contributed by atoms with Crippen LogP contribution >= 0.6 is 11.3 Å². The molecule has 1 heterocycles. The van der Waals surface area contributed by atoms with Gasteiger partial charge in [0.25, 0.3) is 0 Å². The molecule has 0 saturated carbocycles. The zero-order valence-corrected chi connectivity index (χ0v) is 10.9. The third-order valence-corrected chi connectivity index (χ3v) is 3.85. The van der Waals surface area contributed by atoms with E-state index in [1.165, 1.54) is 36.2 Å². The maximum Gasteiger partial charge on any atom is 0.341 e. The van der Waals surface area contributed by atoms with Crippen LogP contribution in [-0.4, -0.2) is 13.1 Å². The first-order chi connectivity index (χ1) is 7.61. The van der Waals surface area contributed by atoms with E-state index in [2.05, 4.69) is 6.92 Å². The highest BCUT2D eigenvalue weighted by molar-refractivity contribution is 7.16. The van der Waals surface area contributed by atoms with Crippen LogP contribution in [0.25, 0.3) is 0 Å². The van der Waals surface area contributed by atoms with E-state index in [4.69, 9.17) is 10.5 Å². The van der Waals surface area contributed by atoms with E-state index in [0.29, 0.717) is 10.6 Å². The monoisotopic (exact) mass is 241 g/mol. The van der Waals surface area contributed by atoms with Gasteiger partial charge in [0.2, 0.25) is 0 Å². The van der Waals surface area contributed by atoms with Crippen molar-refractivity contribution in [2.24, 2.45) is 0 Å². The third-order valence-electron chi connectivity index (χ3n) is 2.67. The average Bonchev–Trinajstić information content (AvgIpc) is 2.54. The number of unbranched alkanes of at least 4 members (excludes halogenated alkanes) is 2. The quantitative estimate of drug-likeness (QED) is 0.636. The first kappa shape index (κ1) is 13.0. The second-order valence-electron chi connectivity index (χ2n) is 3.84. The van der Waals surface area contributed by atoms with Crippen molar-refractivity contribution in [2.75, 3.05) is 12.8 Å². The van der Waals surface area contributed by atoms with Crippen LogP contribution in [0.15, 0.2) is 0 Å². The van der Waals surface area contributed by atoms with Crippen molar-refractivity contribution in [3.05, 3.63) is 16.0 Å². The van der Waals surface area contributed by atoms with E-state index in [-0.39, 0.29) is 5.97 Å². The molecule has 0 aliphatic rings. The standard InChI is InChI=1S/C12H19NO2S/c1-4-5-6-7-9-8(2)10(11(13)16-9)12(14)15-3/h4-7,13H2,1-3H3. The second-order valence-corrected chi connectivity index (χ2v) is 4.97. The Hall–Kier alpha value is -1.03. The van der Waals surface area contributed by atoms with Gasteiger partial charge in [0, 0.05) is 4.88 Å². The molecule has 0 spiro atoms. The summed E-state index contributed by atoms with van der Waals surface area (Å²) >= 11 is 1.51. The minimum atomic E-state index is -0.326. The van der Waals surface area contributed by atoms with Crippen LogP contribution in [0.3, 0.4) is 0 Å². The molecule has 1 aromatic rings. The van der Waals surface area contributed by atoms with Gasteiger partial charge < -0.3 is 10.5 Å². The average molecular weight is 241 g/mol. The number of nitrogens with two attached hydrogens (primary N) is 1. The summed E-state index contributed by atoms with van der Waals surface area (Å²) in [6.07, 6.45) is 4.57. The predicted octanol–water partition coefficient (Wildman–Crippen LogP) is 3.16. The number of carbonyl (C=O) groups excluding carboxylic acids is 1. The Kier molecular flexibility index (Phi) is 4.80. The lowest BCUT2D eigenvalue weighted by Crippen LogP contribution is -2.04. The maximum atomic E-state index is 11.5. The molecule has 90 valence electrons. The van der Waals surface area contributed by atoms with E-state index in [1.807, 2.05) is 6.92 Å². The molecule has 1 aromatic heterocycles. The Morgan fingerprint density at radius 1 is 1.44 bits per heavy atom. The topological polar surface area (TPSA) is 52.3 Å². The summed E-state index contributed by atoms with van der Waals surface area (Å²) in [5.41, 5.74) is 7.39. The number of carbonyl (C=O) groups is 1. The number of anilines is 1. The van der Waals surface area contributed by atoms with Crippen LogP contribution in [0, 0.1) is 6.92 Å². The molecule has 0 aromatic carbocycles. The fourth-order valence-electron chi connectivity index (χ4n) is 1.71. The van der Waals surface area contributed by atoms with E-state index in [9.17, 15) is 4.79 Å². The summed E-state index contributed by atoms with van der Waals surface area (Å²) in [7, 11) is 1.38. The van der Waals surface area contributed by atoms with Crippen molar-refractivity contribution < 1.29 is 9.53 Å². The Morgan fingerprint density at radius 3 is 2.69 bits per heavy atom. The van der Waals surface area contributed by atoms with Gasteiger partial charge in [-0.05, 0) is 25.3 Å². The number of ether oxygens (including phenoxy) is 1. The SMILES string of the molecule is CCCCCc1sc(N)c(C(=O)OC)c1C. The van der Waals surface area contributed by atoms with Gasteiger partial charge in [-0.2, -0.15) is 0 Å². The van der Waals surface area contributed by atoms with Crippen molar-refractivity contribution in [1.29, 1.82) is 0 Å². The lowest BCUT2D eigenvalue weighted by Gasteiger charge is -2.01. The Labute approximate surface area is 101 Å². The molecule has 0 saturated heterocycles. The molecular weight excluding hydrogens is 222 g/mol. The Bertz CT molecular complexity index is 371. The summed E-state index contributed by atoms with van der Waals surface area (Å²) in [5, 5.41) is 0.579. The van der Waals surface area contributed by atoms with Crippen LogP contribution in [-0.2, 0) is 11.2 Å². The van der Waals surface area contributed by atoms with Crippen molar-refractivity contribution in [3.8, 4) is 0 Å². The molecule has 0 unspecified atom stereocenters. The number of hydrogen-bond acceptors (Lipinski definition) is 4. The largest absolute Gasteiger partial charge is 0.465 e. The molecule has 3 nitrogen and oxygen atoms in total. The highest BCUT2D eigenvalue weighted by Crippen LogP contribution is 2.32. The Morgan fingerprint density at radius 2 is 2.12 bits per heavy atom. The zero-order chi connectivity index (χ0) is 12.1. The van der Waals surface area contributed by atoms with Gasteiger partial charge >= 0.3 is 5.97 Å². The molecule has 2 N–H and O–H groups in total.